The molecule has 1 aliphatic rings. The van der Waals surface area contributed by atoms with Crippen molar-refractivity contribution >= 4 is 5.71 Å². The van der Waals surface area contributed by atoms with E-state index in [4.69, 9.17) is 5.41 Å². The van der Waals surface area contributed by atoms with Gasteiger partial charge in [0.15, 0.2) is 0 Å². The molecule has 38 valence electrons. The second-order valence-electron chi connectivity index (χ2n) is 1.82. The van der Waals surface area contributed by atoms with E-state index < -0.39 is 0 Å². The standard InChI is InChI=1S/C6H9N/c7-6-4-2-1-3-5-6/h2,4,7H,1,3,5H2. The van der Waals surface area contributed by atoms with E-state index in [9.17, 15) is 0 Å². The van der Waals surface area contributed by atoms with E-state index in [-0.39, 0.29) is 0 Å². The Balaban J connectivity index is 2.51. The number of allylic oxidation sites excluding steroid dienone is 2. The van der Waals surface area contributed by atoms with Gasteiger partial charge in [-0.3, -0.25) is 0 Å². The highest BCUT2D eigenvalue weighted by Gasteiger charge is 1.94. The predicted molar refractivity (Wildman–Crippen MR) is 30.7 cm³/mol. The second-order valence-corrected chi connectivity index (χ2v) is 1.82. The molecule has 0 aromatic heterocycles. The number of hydrogen-bond donors (Lipinski definition) is 1. The topological polar surface area (TPSA) is 23.9 Å². The average Bonchev–Trinajstić information content (AvgIpc) is 1.69. The first-order chi connectivity index (χ1) is 3.39. The van der Waals surface area contributed by atoms with Crippen molar-refractivity contribution in [2.24, 2.45) is 0 Å². The van der Waals surface area contributed by atoms with Crippen LogP contribution in [0.4, 0.5) is 0 Å². The van der Waals surface area contributed by atoms with Crippen LogP contribution in [0.25, 0.3) is 0 Å². The van der Waals surface area contributed by atoms with Crippen LogP contribution in [0.1, 0.15) is 19.3 Å². The fourth-order valence-corrected chi connectivity index (χ4v) is 0.719. The predicted octanol–water partition coefficient (Wildman–Crippen LogP) is 1.75. The Kier molecular flexibility index (Phi) is 1.25. The van der Waals surface area contributed by atoms with Crippen LogP contribution in [-0.2, 0) is 0 Å². The minimum Gasteiger partial charge on any atom is -0.305 e. The van der Waals surface area contributed by atoms with Gasteiger partial charge in [-0.25, -0.2) is 0 Å². The fraction of sp³-hybridized carbons (Fsp3) is 0.500. The smallest absolute Gasteiger partial charge is 0.0310 e. The first-order valence-electron chi connectivity index (χ1n) is 2.63. The SMILES string of the molecule is N=C1C=CCCC1. The lowest BCUT2D eigenvalue weighted by atomic mass is 10.1. The quantitative estimate of drug-likeness (QED) is 0.474. The summed E-state index contributed by atoms with van der Waals surface area (Å²) in [7, 11) is 0. The normalized spacial score (nSPS) is 20.3. The Bertz CT molecular complexity index is 103. The molecular weight excluding hydrogens is 86.1 g/mol. The molecule has 0 bridgehead atoms. The number of hydrogen-bond acceptors (Lipinski definition) is 1. The van der Waals surface area contributed by atoms with E-state index in [0.29, 0.717) is 0 Å². The summed E-state index contributed by atoms with van der Waals surface area (Å²) in [4.78, 5) is 0. The summed E-state index contributed by atoms with van der Waals surface area (Å²) < 4.78 is 0. The zero-order valence-corrected chi connectivity index (χ0v) is 4.28. The molecule has 0 radical (unpaired) electrons. The van der Waals surface area contributed by atoms with E-state index in [0.717, 1.165) is 12.1 Å². The fourth-order valence-electron chi connectivity index (χ4n) is 0.719. The van der Waals surface area contributed by atoms with E-state index in [1.54, 1.807) is 0 Å². The largest absolute Gasteiger partial charge is 0.305 e. The van der Waals surface area contributed by atoms with Crippen molar-refractivity contribution in [2.45, 2.75) is 19.3 Å². The maximum absolute atomic E-state index is 7.10. The lowest BCUT2D eigenvalue weighted by Crippen LogP contribution is -1.94. The molecule has 1 aliphatic carbocycles. The Morgan fingerprint density at radius 2 is 2.43 bits per heavy atom. The highest BCUT2D eigenvalue weighted by Crippen LogP contribution is 2.04. The van der Waals surface area contributed by atoms with Crippen molar-refractivity contribution in [1.82, 2.24) is 0 Å². The van der Waals surface area contributed by atoms with Crippen LogP contribution in [0.3, 0.4) is 0 Å². The first-order valence-corrected chi connectivity index (χ1v) is 2.63. The summed E-state index contributed by atoms with van der Waals surface area (Å²) in [6, 6.07) is 0. The highest BCUT2D eigenvalue weighted by atomic mass is 14.4. The molecule has 0 heterocycles. The lowest BCUT2D eigenvalue weighted by molar-refractivity contribution is 0.875. The van der Waals surface area contributed by atoms with Gasteiger partial charge >= 0.3 is 0 Å². The molecular formula is C6H9N. The van der Waals surface area contributed by atoms with Crippen molar-refractivity contribution in [2.75, 3.05) is 0 Å². The molecule has 1 rings (SSSR count). The van der Waals surface area contributed by atoms with Crippen LogP contribution in [0.2, 0.25) is 0 Å². The number of nitrogens with one attached hydrogen (secondary N) is 1. The molecule has 1 nitrogen and oxygen atoms in total. The molecule has 0 saturated heterocycles. The summed E-state index contributed by atoms with van der Waals surface area (Å²) in [6.07, 6.45) is 7.28. The van der Waals surface area contributed by atoms with Gasteiger partial charge in [-0.1, -0.05) is 6.08 Å². The van der Waals surface area contributed by atoms with Crippen LogP contribution >= 0.6 is 0 Å². The molecule has 0 amide bonds. The van der Waals surface area contributed by atoms with Crippen molar-refractivity contribution in [1.29, 1.82) is 5.41 Å². The van der Waals surface area contributed by atoms with Gasteiger partial charge in [-0.2, -0.15) is 0 Å². The van der Waals surface area contributed by atoms with E-state index in [2.05, 4.69) is 6.08 Å². The number of rotatable bonds is 0. The molecule has 0 aromatic rings. The molecule has 7 heavy (non-hydrogen) atoms. The summed E-state index contributed by atoms with van der Waals surface area (Å²) in [5.41, 5.74) is 0.784. The third-order valence-corrected chi connectivity index (χ3v) is 1.14. The summed E-state index contributed by atoms with van der Waals surface area (Å²) in [5.74, 6) is 0. The molecule has 1 heteroatoms. The van der Waals surface area contributed by atoms with Crippen LogP contribution in [0.15, 0.2) is 12.2 Å². The summed E-state index contributed by atoms with van der Waals surface area (Å²) in [6.45, 7) is 0. The minimum absolute atomic E-state index is 0.784. The molecule has 0 spiro atoms. The first kappa shape index (κ1) is 4.57. The van der Waals surface area contributed by atoms with E-state index >= 15 is 0 Å². The Morgan fingerprint density at radius 1 is 1.57 bits per heavy atom. The molecule has 0 aromatic carbocycles. The van der Waals surface area contributed by atoms with Crippen LogP contribution in [0, 0.1) is 5.41 Å². The highest BCUT2D eigenvalue weighted by molar-refractivity contribution is 5.92. The minimum atomic E-state index is 0.784. The summed E-state index contributed by atoms with van der Waals surface area (Å²) >= 11 is 0. The van der Waals surface area contributed by atoms with Crippen molar-refractivity contribution in [3.63, 3.8) is 0 Å². The zero-order valence-electron chi connectivity index (χ0n) is 4.28. The maximum atomic E-state index is 7.10. The molecule has 0 atom stereocenters. The van der Waals surface area contributed by atoms with Gasteiger partial charge in [0.25, 0.3) is 0 Å². The van der Waals surface area contributed by atoms with Gasteiger partial charge in [0, 0.05) is 5.71 Å². The van der Waals surface area contributed by atoms with Crippen molar-refractivity contribution in [3.8, 4) is 0 Å². The van der Waals surface area contributed by atoms with Gasteiger partial charge < -0.3 is 5.41 Å². The monoisotopic (exact) mass is 95.1 g/mol. The van der Waals surface area contributed by atoms with Crippen LogP contribution in [-0.4, -0.2) is 5.71 Å². The van der Waals surface area contributed by atoms with E-state index in [1.165, 1.54) is 12.8 Å². The molecule has 0 unspecified atom stereocenters. The van der Waals surface area contributed by atoms with Crippen LogP contribution < -0.4 is 0 Å². The molecule has 0 saturated carbocycles. The third kappa shape index (κ3) is 1.15. The van der Waals surface area contributed by atoms with Gasteiger partial charge in [0.05, 0.1) is 0 Å². The van der Waals surface area contributed by atoms with Crippen LogP contribution in [0.5, 0.6) is 0 Å². The van der Waals surface area contributed by atoms with Crippen molar-refractivity contribution < 1.29 is 0 Å². The third-order valence-electron chi connectivity index (χ3n) is 1.14. The van der Waals surface area contributed by atoms with Gasteiger partial charge in [-0.05, 0) is 25.3 Å². The van der Waals surface area contributed by atoms with Gasteiger partial charge in [0.1, 0.15) is 0 Å². The Labute approximate surface area is 43.6 Å². The molecule has 0 fully saturated rings. The maximum Gasteiger partial charge on any atom is 0.0310 e. The molecule has 1 N–H and O–H groups in total. The second kappa shape index (κ2) is 1.92. The van der Waals surface area contributed by atoms with Gasteiger partial charge in [-0.15, -0.1) is 0 Å². The zero-order chi connectivity index (χ0) is 5.11. The summed E-state index contributed by atoms with van der Waals surface area (Å²) in [5, 5.41) is 7.10. The Hall–Kier alpha value is -0.590. The Morgan fingerprint density at radius 3 is 2.71 bits per heavy atom. The molecule has 0 aliphatic heterocycles. The van der Waals surface area contributed by atoms with Gasteiger partial charge in [0.2, 0.25) is 0 Å². The average molecular weight is 95.1 g/mol. The van der Waals surface area contributed by atoms with Crippen molar-refractivity contribution in [3.05, 3.63) is 12.2 Å². The van der Waals surface area contributed by atoms with E-state index in [1.807, 2.05) is 6.08 Å². The lowest BCUT2D eigenvalue weighted by Gasteiger charge is -2.00.